The molecular weight excluding hydrogens is 212 g/mol. The molecule has 0 fully saturated rings. The number of H-pyrrole nitrogens is 1. The fourth-order valence-electron chi connectivity index (χ4n) is 1.82. The lowest BCUT2D eigenvalue weighted by atomic mass is 10.2. The number of hydrogen-bond donors (Lipinski definition) is 1. The Hall–Kier alpha value is -2.23. The van der Waals surface area contributed by atoms with E-state index >= 15 is 0 Å². The van der Waals surface area contributed by atoms with Crippen LogP contribution in [0.3, 0.4) is 0 Å². The molecule has 0 amide bonds. The van der Waals surface area contributed by atoms with E-state index in [1.54, 1.807) is 12.4 Å². The van der Waals surface area contributed by atoms with E-state index in [0.717, 1.165) is 35.4 Å². The minimum absolute atomic E-state index is 0.867. The molecule has 17 heavy (non-hydrogen) atoms. The quantitative estimate of drug-likeness (QED) is 0.741. The van der Waals surface area contributed by atoms with Crippen molar-refractivity contribution >= 4 is 11.0 Å². The third-order valence-electron chi connectivity index (χ3n) is 2.68. The van der Waals surface area contributed by atoms with Gasteiger partial charge in [0.2, 0.25) is 0 Å². The van der Waals surface area contributed by atoms with Gasteiger partial charge in [-0.1, -0.05) is 6.07 Å². The molecule has 0 saturated carbocycles. The maximum absolute atomic E-state index is 4.50. The molecule has 1 N–H and O–H groups in total. The maximum Gasteiger partial charge on any atom is 0.107 e. The Labute approximate surface area is 98.8 Å². The first-order chi connectivity index (χ1) is 8.42. The summed E-state index contributed by atoms with van der Waals surface area (Å²) < 4.78 is 0. The van der Waals surface area contributed by atoms with Crippen molar-refractivity contribution in [3.05, 3.63) is 54.4 Å². The summed E-state index contributed by atoms with van der Waals surface area (Å²) in [5.41, 5.74) is 3.05. The van der Waals surface area contributed by atoms with E-state index in [4.69, 9.17) is 0 Å². The molecule has 0 radical (unpaired) electrons. The first-order valence-electron chi connectivity index (χ1n) is 5.60. The van der Waals surface area contributed by atoms with E-state index in [-0.39, 0.29) is 0 Å². The van der Waals surface area contributed by atoms with Crippen LogP contribution in [-0.2, 0) is 12.8 Å². The summed E-state index contributed by atoms with van der Waals surface area (Å²) in [6.45, 7) is 0. The van der Waals surface area contributed by atoms with Gasteiger partial charge in [0.25, 0.3) is 0 Å². The van der Waals surface area contributed by atoms with Crippen molar-refractivity contribution < 1.29 is 0 Å². The second kappa shape index (κ2) is 4.33. The first kappa shape index (κ1) is 9.96. The van der Waals surface area contributed by atoms with Crippen molar-refractivity contribution in [1.82, 2.24) is 19.9 Å². The molecule has 4 heteroatoms. The minimum Gasteiger partial charge on any atom is -0.341 e. The fraction of sp³-hybridized carbons (Fsp3) is 0.154. The molecule has 0 aliphatic carbocycles. The summed E-state index contributed by atoms with van der Waals surface area (Å²) in [6.07, 6.45) is 7.13. The van der Waals surface area contributed by atoms with E-state index < -0.39 is 0 Å². The van der Waals surface area contributed by atoms with Crippen molar-refractivity contribution in [2.24, 2.45) is 0 Å². The van der Waals surface area contributed by atoms with Crippen molar-refractivity contribution in [3.63, 3.8) is 0 Å². The molecule has 0 bridgehead atoms. The number of aromatic amines is 1. The zero-order valence-corrected chi connectivity index (χ0v) is 9.30. The van der Waals surface area contributed by atoms with Gasteiger partial charge in [0.1, 0.15) is 5.82 Å². The van der Waals surface area contributed by atoms with E-state index in [2.05, 4.69) is 19.9 Å². The molecule has 0 aliphatic rings. The van der Waals surface area contributed by atoms with Gasteiger partial charge in [-0.2, -0.15) is 0 Å². The molecule has 0 spiro atoms. The summed E-state index contributed by atoms with van der Waals surface area (Å²) in [6, 6.07) is 7.88. The lowest BCUT2D eigenvalue weighted by Gasteiger charge is -1.96. The standard InChI is InChI=1S/C13H12N4/c1-2-7-15-10(3-1)4-5-13-16-11-6-8-14-9-12(11)17-13/h1-3,6-9H,4-5H2,(H,16,17). The second-order valence-corrected chi connectivity index (χ2v) is 3.90. The number of nitrogens with one attached hydrogen (secondary N) is 1. The lowest BCUT2D eigenvalue weighted by Crippen LogP contribution is -1.95. The Morgan fingerprint density at radius 1 is 1.06 bits per heavy atom. The highest BCUT2D eigenvalue weighted by atomic mass is 14.9. The Morgan fingerprint density at radius 3 is 2.88 bits per heavy atom. The molecular formula is C13H12N4. The van der Waals surface area contributed by atoms with Crippen molar-refractivity contribution in [2.75, 3.05) is 0 Å². The smallest absolute Gasteiger partial charge is 0.107 e. The number of nitrogens with zero attached hydrogens (tertiary/aromatic N) is 3. The van der Waals surface area contributed by atoms with E-state index in [0.29, 0.717) is 0 Å². The average Bonchev–Trinajstić information content (AvgIpc) is 2.80. The number of hydrogen-bond acceptors (Lipinski definition) is 3. The van der Waals surface area contributed by atoms with Crippen LogP contribution in [-0.4, -0.2) is 19.9 Å². The van der Waals surface area contributed by atoms with Gasteiger partial charge in [-0.25, -0.2) is 4.98 Å². The number of fused-ring (bicyclic) bond motifs is 1. The van der Waals surface area contributed by atoms with Crippen LogP contribution in [0.2, 0.25) is 0 Å². The number of rotatable bonds is 3. The first-order valence-corrected chi connectivity index (χ1v) is 5.60. The summed E-state index contributed by atoms with van der Waals surface area (Å²) in [7, 11) is 0. The van der Waals surface area contributed by atoms with Crippen LogP contribution in [0.5, 0.6) is 0 Å². The lowest BCUT2D eigenvalue weighted by molar-refractivity contribution is 0.861. The molecule has 0 aliphatic heterocycles. The largest absolute Gasteiger partial charge is 0.341 e. The summed E-state index contributed by atoms with van der Waals surface area (Å²) in [5, 5.41) is 0. The highest BCUT2D eigenvalue weighted by molar-refractivity contribution is 5.73. The highest BCUT2D eigenvalue weighted by Crippen LogP contribution is 2.10. The summed E-state index contributed by atoms with van der Waals surface area (Å²) in [5.74, 6) is 0.985. The highest BCUT2D eigenvalue weighted by Gasteiger charge is 2.02. The Balaban J connectivity index is 1.77. The molecule has 3 heterocycles. The number of pyridine rings is 2. The average molecular weight is 224 g/mol. The molecule has 4 nitrogen and oxygen atoms in total. The van der Waals surface area contributed by atoms with Crippen LogP contribution >= 0.6 is 0 Å². The fourth-order valence-corrected chi connectivity index (χ4v) is 1.82. The molecule has 0 atom stereocenters. The molecule has 3 rings (SSSR count). The maximum atomic E-state index is 4.50. The second-order valence-electron chi connectivity index (χ2n) is 3.90. The van der Waals surface area contributed by atoms with Crippen LogP contribution in [0.1, 0.15) is 11.5 Å². The van der Waals surface area contributed by atoms with Gasteiger partial charge < -0.3 is 4.98 Å². The molecule has 3 aromatic rings. The number of aryl methyl sites for hydroxylation is 2. The van der Waals surface area contributed by atoms with Gasteiger partial charge in [-0.3, -0.25) is 9.97 Å². The van der Waals surface area contributed by atoms with Crippen LogP contribution in [0.25, 0.3) is 11.0 Å². The Kier molecular flexibility index (Phi) is 2.54. The normalized spacial score (nSPS) is 10.8. The van der Waals surface area contributed by atoms with Gasteiger partial charge in [-0.15, -0.1) is 0 Å². The van der Waals surface area contributed by atoms with Gasteiger partial charge in [-0.05, 0) is 24.6 Å². The summed E-state index contributed by atoms with van der Waals surface area (Å²) in [4.78, 5) is 16.1. The third-order valence-corrected chi connectivity index (χ3v) is 2.68. The van der Waals surface area contributed by atoms with Gasteiger partial charge >= 0.3 is 0 Å². The Bertz CT molecular complexity index is 582. The van der Waals surface area contributed by atoms with Gasteiger partial charge in [0.15, 0.2) is 0 Å². The number of imidazole rings is 1. The molecule has 0 saturated heterocycles. The van der Waals surface area contributed by atoms with Crippen molar-refractivity contribution in [1.29, 1.82) is 0 Å². The van der Waals surface area contributed by atoms with Crippen LogP contribution in [0.4, 0.5) is 0 Å². The predicted molar refractivity (Wildman–Crippen MR) is 65.5 cm³/mol. The molecule has 0 unspecified atom stereocenters. The zero-order chi connectivity index (χ0) is 11.5. The predicted octanol–water partition coefficient (Wildman–Crippen LogP) is 2.14. The van der Waals surface area contributed by atoms with Crippen LogP contribution < -0.4 is 0 Å². The molecule has 3 aromatic heterocycles. The topological polar surface area (TPSA) is 54.5 Å². The molecule has 0 aromatic carbocycles. The van der Waals surface area contributed by atoms with Gasteiger partial charge in [0.05, 0.1) is 17.2 Å². The minimum atomic E-state index is 0.867. The number of aromatic nitrogens is 4. The monoisotopic (exact) mass is 224 g/mol. The zero-order valence-electron chi connectivity index (χ0n) is 9.30. The van der Waals surface area contributed by atoms with Crippen molar-refractivity contribution in [3.8, 4) is 0 Å². The summed E-state index contributed by atoms with van der Waals surface area (Å²) >= 11 is 0. The Morgan fingerprint density at radius 2 is 2.06 bits per heavy atom. The van der Waals surface area contributed by atoms with E-state index in [9.17, 15) is 0 Å². The van der Waals surface area contributed by atoms with Crippen LogP contribution in [0, 0.1) is 0 Å². The van der Waals surface area contributed by atoms with Crippen molar-refractivity contribution in [2.45, 2.75) is 12.8 Å². The SMILES string of the molecule is c1ccc(CCc2nc3ccncc3[nH]2)nc1. The van der Waals surface area contributed by atoms with E-state index in [1.165, 1.54) is 0 Å². The third kappa shape index (κ3) is 2.15. The van der Waals surface area contributed by atoms with E-state index in [1.807, 2.05) is 30.5 Å². The van der Waals surface area contributed by atoms with Gasteiger partial charge in [0, 0.05) is 24.5 Å². The molecule has 84 valence electrons. The van der Waals surface area contributed by atoms with Crippen LogP contribution in [0.15, 0.2) is 42.9 Å².